The number of guanidine groups is 1. The molecule has 20 heteroatoms. The number of rotatable bonds is 25. The van der Waals surface area contributed by atoms with Crippen molar-refractivity contribution in [2.24, 2.45) is 10.7 Å². The molecule has 0 aliphatic carbocycles. The first kappa shape index (κ1) is 45.7. The molecule has 0 fully saturated rings. The number of anilines is 2. The minimum atomic E-state index is -1.78. The molecule has 0 spiro atoms. The molecule has 0 bridgehead atoms. The number of aliphatic hydroxyl groups excluding tert-OH is 6. The fourth-order valence-electron chi connectivity index (χ4n) is 5.18. The van der Waals surface area contributed by atoms with Gasteiger partial charge in [-0.25, -0.2) is 9.97 Å². The molecule has 0 radical (unpaired) electrons. The number of nitrogens with two attached hydrogens (primary N) is 3. The molecule has 0 saturated heterocycles. The second-order valence-corrected chi connectivity index (χ2v) is 12.6. The van der Waals surface area contributed by atoms with Gasteiger partial charge in [0.1, 0.15) is 36.8 Å². The number of aliphatic imine (C=N–C) groups is 1. The molecule has 1 aromatic carbocycles. The third-order valence-electron chi connectivity index (χ3n) is 8.25. The van der Waals surface area contributed by atoms with Crippen molar-refractivity contribution in [1.82, 2.24) is 20.2 Å². The lowest BCUT2D eigenvalue weighted by atomic mass is 10.0. The Morgan fingerprint density at radius 3 is 2.25 bits per heavy atom. The van der Waals surface area contributed by atoms with Crippen LogP contribution in [0.3, 0.4) is 0 Å². The topological polar surface area (TPSA) is 307 Å². The van der Waals surface area contributed by atoms with Gasteiger partial charge in [0.05, 0.1) is 31.5 Å². The molecule has 0 saturated carbocycles. The highest BCUT2D eigenvalue weighted by atomic mass is 35.5. The number of ether oxygens (including phenoxy) is 4. The summed E-state index contributed by atoms with van der Waals surface area (Å²) < 4.78 is 22.1. The number of nitrogens with zero attached hydrogens (tertiary/aromatic N) is 4. The van der Waals surface area contributed by atoms with Crippen molar-refractivity contribution in [2.45, 2.75) is 68.4 Å². The molecule has 2 aromatic rings. The average Bonchev–Trinajstić information content (AvgIpc) is 3.13. The van der Waals surface area contributed by atoms with Crippen LogP contribution in [0.25, 0.3) is 0 Å². The van der Waals surface area contributed by atoms with Crippen LogP contribution < -0.4 is 27.3 Å². The molecule has 0 aliphatic heterocycles. The molecule has 0 unspecified atom stereocenters. The summed E-state index contributed by atoms with van der Waals surface area (Å²) in [6.07, 6.45) is -6.13. The van der Waals surface area contributed by atoms with Gasteiger partial charge < -0.3 is 66.8 Å². The lowest BCUT2D eigenvalue weighted by molar-refractivity contribution is -0.121. The Bertz CT molecular complexity index is 1400. The number of halogens is 1. The van der Waals surface area contributed by atoms with E-state index < -0.39 is 55.2 Å². The zero-order valence-corrected chi connectivity index (χ0v) is 31.0. The molecule has 1 heterocycles. The van der Waals surface area contributed by atoms with Gasteiger partial charge in [-0.3, -0.25) is 20.0 Å². The molecule has 300 valence electrons. The van der Waals surface area contributed by atoms with E-state index in [1.165, 1.54) is 21.3 Å². The monoisotopic (exact) mass is 774 g/mol. The van der Waals surface area contributed by atoms with Gasteiger partial charge in [0.15, 0.2) is 28.4 Å². The molecule has 1 aromatic heterocycles. The van der Waals surface area contributed by atoms with Crippen molar-refractivity contribution in [3.8, 4) is 5.75 Å². The number of carbonyl (C=O) groups is 1. The molecule has 1 amide bonds. The van der Waals surface area contributed by atoms with E-state index in [0.29, 0.717) is 18.7 Å². The quantitative estimate of drug-likeness (QED) is 0.0294. The van der Waals surface area contributed by atoms with Gasteiger partial charge >= 0.3 is 0 Å². The van der Waals surface area contributed by atoms with E-state index in [1.54, 1.807) is 4.90 Å². The molecular weight excluding hydrogens is 720 g/mol. The fourth-order valence-corrected chi connectivity index (χ4v) is 5.31. The van der Waals surface area contributed by atoms with Crippen LogP contribution in [0.15, 0.2) is 29.3 Å². The standard InChI is InChI=1S/C33H55ClN8O11/c1-50-18-24(46)25(52-3)14-21(51-2)15-42(16-22(44)27(47)28(48)23(45)17-43)12-13-53-20-9-7-19(8-10-20)6-4-5-11-38-33(37)41-32(49)26-30(35)40-31(36)29(34)39-26/h7-10,21-25,27-28,43-48H,4-6,11-18H2,1-3H3,(H4,35,36,40)(H3,37,38,41,49)/t21-,22+,23-,24-,25+,27-,28-/m1/s1. The van der Waals surface area contributed by atoms with Crippen molar-refractivity contribution in [3.05, 3.63) is 40.7 Å². The SMILES string of the molecule is COC[C@@H](O)[C@H](C[C@H](CN(CCOc1ccc(CCCCN=C(N)NC(=O)c2nc(Cl)c(N)nc2N)cc1)C[C@H](O)[C@@H](O)[C@H](O)[C@H](O)CO)OC)OC. The molecule has 13 N–H and O–H groups in total. The Morgan fingerprint density at radius 2 is 1.62 bits per heavy atom. The number of hydrogen-bond donors (Lipinski definition) is 10. The zero-order valence-electron chi connectivity index (χ0n) is 30.3. The first-order chi connectivity index (χ1) is 25.2. The summed E-state index contributed by atoms with van der Waals surface area (Å²) in [5.41, 5.74) is 17.9. The van der Waals surface area contributed by atoms with E-state index in [9.17, 15) is 30.3 Å². The summed E-state index contributed by atoms with van der Waals surface area (Å²) in [4.78, 5) is 25.9. The van der Waals surface area contributed by atoms with Crippen LogP contribution in [0.1, 0.15) is 35.3 Å². The smallest absolute Gasteiger partial charge is 0.280 e. The van der Waals surface area contributed by atoms with Crippen molar-refractivity contribution in [1.29, 1.82) is 0 Å². The summed E-state index contributed by atoms with van der Waals surface area (Å²) >= 11 is 5.82. The number of benzene rings is 1. The van der Waals surface area contributed by atoms with Gasteiger partial charge in [0.25, 0.3) is 5.91 Å². The summed E-state index contributed by atoms with van der Waals surface area (Å²) in [6, 6.07) is 7.51. The Kier molecular flexibility index (Phi) is 20.7. The third kappa shape index (κ3) is 15.8. The number of nitrogens with one attached hydrogen (secondary N) is 1. The second-order valence-electron chi connectivity index (χ2n) is 12.3. The third-order valence-corrected chi connectivity index (χ3v) is 8.53. The minimum Gasteiger partial charge on any atom is -0.492 e. The molecule has 7 atom stereocenters. The Labute approximate surface area is 313 Å². The number of aliphatic hydroxyl groups is 6. The zero-order chi connectivity index (χ0) is 39.5. The van der Waals surface area contributed by atoms with Gasteiger partial charge in [-0.2, -0.15) is 0 Å². The second kappa shape index (κ2) is 24.0. The maximum Gasteiger partial charge on any atom is 0.280 e. The van der Waals surface area contributed by atoms with Crippen molar-refractivity contribution < 1.29 is 54.4 Å². The normalized spacial score (nSPS) is 16.1. The molecule has 19 nitrogen and oxygen atoms in total. The van der Waals surface area contributed by atoms with E-state index in [0.717, 1.165) is 18.4 Å². The number of hydrogen-bond acceptors (Lipinski definition) is 17. The van der Waals surface area contributed by atoms with Crippen LogP contribution in [-0.2, 0) is 20.6 Å². The maximum atomic E-state index is 12.4. The van der Waals surface area contributed by atoms with Crippen LogP contribution in [0.2, 0.25) is 5.15 Å². The van der Waals surface area contributed by atoms with Gasteiger partial charge in [-0.1, -0.05) is 23.7 Å². The summed E-state index contributed by atoms with van der Waals surface area (Å²) in [7, 11) is 4.43. The molecule has 0 aliphatic rings. The van der Waals surface area contributed by atoms with E-state index in [2.05, 4.69) is 20.3 Å². The predicted molar refractivity (Wildman–Crippen MR) is 196 cm³/mol. The Hall–Kier alpha value is -3.47. The van der Waals surface area contributed by atoms with Gasteiger partial charge in [-0.05, 0) is 37.0 Å². The summed E-state index contributed by atoms with van der Waals surface area (Å²) in [5, 5.41) is 62.7. The maximum absolute atomic E-state index is 12.4. The van der Waals surface area contributed by atoms with Crippen molar-refractivity contribution in [2.75, 3.05) is 78.8 Å². The average molecular weight is 775 g/mol. The van der Waals surface area contributed by atoms with Crippen molar-refractivity contribution in [3.63, 3.8) is 0 Å². The van der Waals surface area contributed by atoms with Gasteiger partial charge in [-0.15, -0.1) is 0 Å². The molecular formula is C33H55ClN8O11. The van der Waals surface area contributed by atoms with Gasteiger partial charge in [0.2, 0.25) is 0 Å². The fraction of sp³-hybridized carbons (Fsp3) is 0.636. The molecule has 2 rings (SSSR count). The van der Waals surface area contributed by atoms with Crippen LogP contribution >= 0.6 is 11.6 Å². The van der Waals surface area contributed by atoms with E-state index in [-0.39, 0.29) is 67.7 Å². The van der Waals surface area contributed by atoms with Gasteiger partial charge in [0, 0.05) is 53.9 Å². The first-order valence-corrected chi connectivity index (χ1v) is 17.3. The highest BCUT2D eigenvalue weighted by Crippen LogP contribution is 2.18. The van der Waals surface area contributed by atoms with E-state index >= 15 is 0 Å². The van der Waals surface area contributed by atoms with Crippen LogP contribution in [-0.4, -0.2) is 167 Å². The minimum absolute atomic E-state index is 0.0578. The number of unbranched alkanes of at least 4 members (excludes halogenated alkanes) is 1. The van der Waals surface area contributed by atoms with Crippen LogP contribution in [0, 0.1) is 0 Å². The summed E-state index contributed by atoms with van der Waals surface area (Å²) in [6.45, 7) is 0.160. The number of nitrogen functional groups attached to an aromatic ring is 2. The first-order valence-electron chi connectivity index (χ1n) is 16.9. The summed E-state index contributed by atoms with van der Waals surface area (Å²) in [5.74, 6) is -0.508. The van der Waals surface area contributed by atoms with E-state index in [1.807, 2.05) is 24.3 Å². The number of amides is 1. The lowest BCUT2D eigenvalue weighted by Crippen LogP contribution is -2.51. The Balaban J connectivity index is 1.91. The number of aromatic nitrogens is 2. The van der Waals surface area contributed by atoms with Crippen LogP contribution in [0.5, 0.6) is 5.75 Å². The highest BCUT2D eigenvalue weighted by molar-refractivity contribution is 6.31. The number of aryl methyl sites for hydroxylation is 1. The van der Waals surface area contributed by atoms with Crippen molar-refractivity contribution >= 4 is 35.1 Å². The Morgan fingerprint density at radius 1 is 0.943 bits per heavy atom. The highest BCUT2D eigenvalue weighted by Gasteiger charge is 2.32. The largest absolute Gasteiger partial charge is 0.492 e. The van der Waals surface area contributed by atoms with E-state index in [4.69, 9.17) is 52.9 Å². The molecule has 53 heavy (non-hydrogen) atoms. The predicted octanol–water partition coefficient (Wildman–Crippen LogP) is -2.09. The lowest BCUT2D eigenvalue weighted by Gasteiger charge is -2.33. The van der Waals surface area contributed by atoms with Crippen LogP contribution in [0.4, 0.5) is 11.6 Å². The number of methoxy groups -OCH3 is 3. The number of carbonyl (C=O) groups excluding carboxylic acids is 1.